The van der Waals surface area contributed by atoms with Crippen LogP contribution in [0.1, 0.15) is 51.9 Å². The molecule has 1 saturated heterocycles. The molecule has 1 aliphatic heterocycles. The van der Waals surface area contributed by atoms with Gasteiger partial charge in [-0.1, -0.05) is 23.8 Å². The Morgan fingerprint density at radius 3 is 2.79 bits per heavy atom. The number of hydrogen-bond acceptors (Lipinski definition) is 1. The molecule has 1 amide bonds. The van der Waals surface area contributed by atoms with Gasteiger partial charge in [0.25, 0.3) is 0 Å². The number of amides is 1. The number of fused-ring (bicyclic) bond motifs is 1. The molecular weight excluding hydrogens is 234 g/mol. The van der Waals surface area contributed by atoms with Crippen molar-refractivity contribution in [1.82, 2.24) is 4.90 Å². The fourth-order valence-corrected chi connectivity index (χ4v) is 4.16. The Morgan fingerprint density at radius 1 is 1.26 bits per heavy atom. The molecule has 19 heavy (non-hydrogen) atoms. The first-order valence-electron chi connectivity index (χ1n) is 7.80. The predicted octanol–water partition coefficient (Wildman–Crippen LogP) is 3.69. The van der Waals surface area contributed by atoms with Crippen LogP contribution in [0, 0.1) is 11.3 Å². The number of allylic oxidation sites excluding steroid dienone is 4. The molecule has 0 bridgehead atoms. The van der Waals surface area contributed by atoms with Crippen LogP contribution in [0.15, 0.2) is 23.8 Å². The molecule has 2 nitrogen and oxygen atoms in total. The van der Waals surface area contributed by atoms with E-state index in [1.807, 2.05) is 4.90 Å². The summed E-state index contributed by atoms with van der Waals surface area (Å²) in [6.07, 6.45) is 16.0. The third kappa shape index (κ3) is 2.63. The van der Waals surface area contributed by atoms with Crippen LogP contribution in [-0.2, 0) is 4.79 Å². The highest BCUT2D eigenvalue weighted by atomic mass is 16.2. The fourth-order valence-electron chi connectivity index (χ4n) is 4.16. The maximum absolute atomic E-state index is 11.4. The van der Waals surface area contributed by atoms with E-state index in [-0.39, 0.29) is 5.91 Å². The Morgan fingerprint density at radius 2 is 2.05 bits per heavy atom. The van der Waals surface area contributed by atoms with Crippen molar-refractivity contribution in [2.75, 3.05) is 13.1 Å². The summed E-state index contributed by atoms with van der Waals surface area (Å²) in [6.45, 7) is 3.65. The molecule has 1 saturated carbocycles. The standard InChI is InChI=1S/C17H25NO/c1-14(19)18-11-9-17(10-12-18)8-7-15-5-3-2-4-6-16(15)13-17/h2,4,6,15H,3,5,7-13H2,1H3. The minimum absolute atomic E-state index is 0.250. The molecule has 2 aliphatic carbocycles. The summed E-state index contributed by atoms with van der Waals surface area (Å²) >= 11 is 0. The zero-order valence-corrected chi connectivity index (χ0v) is 12.0. The van der Waals surface area contributed by atoms with Gasteiger partial charge in [-0.15, -0.1) is 0 Å². The summed E-state index contributed by atoms with van der Waals surface area (Å²) in [6, 6.07) is 0. The lowest BCUT2D eigenvalue weighted by atomic mass is 9.63. The zero-order chi connectivity index (χ0) is 13.3. The average Bonchev–Trinajstić information content (AvgIpc) is 2.64. The first kappa shape index (κ1) is 13.0. The number of hydrogen-bond donors (Lipinski definition) is 0. The minimum atomic E-state index is 0.250. The topological polar surface area (TPSA) is 20.3 Å². The van der Waals surface area contributed by atoms with Gasteiger partial charge in [0.15, 0.2) is 0 Å². The van der Waals surface area contributed by atoms with Crippen LogP contribution >= 0.6 is 0 Å². The van der Waals surface area contributed by atoms with Gasteiger partial charge < -0.3 is 4.90 Å². The van der Waals surface area contributed by atoms with Gasteiger partial charge >= 0.3 is 0 Å². The third-order valence-corrected chi connectivity index (χ3v) is 5.52. The van der Waals surface area contributed by atoms with Gasteiger partial charge in [0.1, 0.15) is 0 Å². The molecule has 1 spiro atoms. The molecule has 0 N–H and O–H groups in total. The molecule has 104 valence electrons. The zero-order valence-electron chi connectivity index (χ0n) is 12.0. The quantitative estimate of drug-likeness (QED) is 0.649. The van der Waals surface area contributed by atoms with Crippen molar-refractivity contribution in [3.05, 3.63) is 23.8 Å². The number of rotatable bonds is 0. The second kappa shape index (κ2) is 5.15. The highest BCUT2D eigenvalue weighted by molar-refractivity contribution is 5.73. The molecular formula is C17H25NO. The summed E-state index contributed by atoms with van der Waals surface area (Å²) in [5.74, 6) is 1.09. The summed E-state index contributed by atoms with van der Waals surface area (Å²) in [5, 5.41) is 0. The van der Waals surface area contributed by atoms with Crippen molar-refractivity contribution in [3.8, 4) is 0 Å². The predicted molar refractivity (Wildman–Crippen MR) is 77.7 cm³/mol. The number of carbonyl (C=O) groups excluding carboxylic acids is 1. The van der Waals surface area contributed by atoms with E-state index >= 15 is 0 Å². The molecule has 3 rings (SSSR count). The van der Waals surface area contributed by atoms with Gasteiger partial charge in [0, 0.05) is 20.0 Å². The number of carbonyl (C=O) groups is 1. The van der Waals surface area contributed by atoms with Crippen LogP contribution in [0.3, 0.4) is 0 Å². The largest absolute Gasteiger partial charge is 0.343 e. The van der Waals surface area contributed by atoms with E-state index in [2.05, 4.69) is 18.2 Å². The lowest BCUT2D eigenvalue weighted by molar-refractivity contribution is -0.131. The summed E-state index contributed by atoms with van der Waals surface area (Å²) in [7, 11) is 0. The van der Waals surface area contributed by atoms with E-state index in [9.17, 15) is 4.79 Å². The van der Waals surface area contributed by atoms with E-state index < -0.39 is 0 Å². The smallest absolute Gasteiger partial charge is 0.219 e. The fraction of sp³-hybridized carbons (Fsp3) is 0.706. The minimum Gasteiger partial charge on any atom is -0.343 e. The first-order valence-corrected chi connectivity index (χ1v) is 7.80. The maximum Gasteiger partial charge on any atom is 0.219 e. The molecule has 2 heteroatoms. The second-order valence-electron chi connectivity index (χ2n) is 6.67. The lowest BCUT2D eigenvalue weighted by Gasteiger charge is -2.46. The molecule has 0 radical (unpaired) electrons. The van der Waals surface area contributed by atoms with Gasteiger partial charge in [-0.25, -0.2) is 0 Å². The van der Waals surface area contributed by atoms with Crippen molar-refractivity contribution in [3.63, 3.8) is 0 Å². The van der Waals surface area contributed by atoms with Gasteiger partial charge in [0.05, 0.1) is 0 Å². The maximum atomic E-state index is 11.4. The van der Waals surface area contributed by atoms with Gasteiger partial charge in [0.2, 0.25) is 5.91 Å². The Labute approximate surface area is 116 Å². The molecule has 2 fully saturated rings. The van der Waals surface area contributed by atoms with Crippen LogP contribution in [0.25, 0.3) is 0 Å². The highest BCUT2D eigenvalue weighted by Gasteiger charge is 2.40. The Hall–Kier alpha value is -1.05. The lowest BCUT2D eigenvalue weighted by Crippen LogP contribution is -2.44. The summed E-state index contributed by atoms with van der Waals surface area (Å²) < 4.78 is 0. The van der Waals surface area contributed by atoms with Crippen LogP contribution in [0.4, 0.5) is 0 Å². The molecule has 0 aromatic rings. The number of likely N-dealkylation sites (tertiary alicyclic amines) is 1. The molecule has 0 aromatic heterocycles. The summed E-state index contributed by atoms with van der Waals surface area (Å²) in [4.78, 5) is 13.5. The van der Waals surface area contributed by atoms with Crippen molar-refractivity contribution in [2.45, 2.75) is 51.9 Å². The highest BCUT2D eigenvalue weighted by Crippen LogP contribution is 2.49. The van der Waals surface area contributed by atoms with E-state index in [0.29, 0.717) is 5.41 Å². The third-order valence-electron chi connectivity index (χ3n) is 5.52. The average molecular weight is 259 g/mol. The Balaban J connectivity index is 1.68. The van der Waals surface area contributed by atoms with Crippen molar-refractivity contribution >= 4 is 5.91 Å². The molecule has 1 heterocycles. The van der Waals surface area contributed by atoms with Crippen LogP contribution in [0.5, 0.6) is 0 Å². The summed E-state index contributed by atoms with van der Waals surface area (Å²) in [5.41, 5.74) is 2.20. The van der Waals surface area contributed by atoms with E-state index in [4.69, 9.17) is 0 Å². The van der Waals surface area contributed by atoms with E-state index in [1.165, 1.54) is 44.9 Å². The van der Waals surface area contributed by atoms with Gasteiger partial charge in [-0.05, 0) is 56.3 Å². The molecule has 1 unspecified atom stereocenters. The molecule has 0 aromatic carbocycles. The van der Waals surface area contributed by atoms with E-state index in [1.54, 1.807) is 12.5 Å². The Kier molecular flexibility index (Phi) is 3.51. The van der Waals surface area contributed by atoms with Crippen molar-refractivity contribution < 1.29 is 4.79 Å². The second-order valence-corrected chi connectivity index (χ2v) is 6.67. The SMILES string of the molecule is CC(=O)N1CCC2(CCC3CCC=CC=C3C2)CC1. The number of piperidine rings is 1. The van der Waals surface area contributed by atoms with E-state index in [0.717, 1.165) is 19.0 Å². The van der Waals surface area contributed by atoms with Gasteiger partial charge in [-0.3, -0.25) is 4.79 Å². The normalized spacial score (nSPS) is 29.6. The van der Waals surface area contributed by atoms with Crippen LogP contribution in [0.2, 0.25) is 0 Å². The van der Waals surface area contributed by atoms with Gasteiger partial charge in [-0.2, -0.15) is 0 Å². The monoisotopic (exact) mass is 259 g/mol. The number of nitrogens with zero attached hydrogens (tertiary/aromatic N) is 1. The van der Waals surface area contributed by atoms with Crippen LogP contribution in [-0.4, -0.2) is 23.9 Å². The van der Waals surface area contributed by atoms with Crippen molar-refractivity contribution in [2.24, 2.45) is 11.3 Å². The van der Waals surface area contributed by atoms with Crippen molar-refractivity contribution in [1.29, 1.82) is 0 Å². The van der Waals surface area contributed by atoms with Crippen LogP contribution < -0.4 is 0 Å². The molecule has 1 atom stereocenters. The first-order chi connectivity index (χ1) is 9.19. The molecule has 3 aliphatic rings. The Bertz CT molecular complexity index is 413.